The number of nitrogens with zero attached hydrogens (tertiary/aromatic N) is 2. The minimum absolute atomic E-state index is 0.0923. The summed E-state index contributed by atoms with van der Waals surface area (Å²) < 4.78 is 13.0. The number of benzene rings is 2. The van der Waals surface area contributed by atoms with Crippen LogP contribution in [0.25, 0.3) is 0 Å². The highest BCUT2D eigenvalue weighted by Gasteiger charge is 2.17. The topological polar surface area (TPSA) is 87.5 Å². The van der Waals surface area contributed by atoms with Gasteiger partial charge in [0, 0.05) is 7.05 Å². The van der Waals surface area contributed by atoms with Gasteiger partial charge in [-0.1, -0.05) is 18.2 Å². The van der Waals surface area contributed by atoms with E-state index < -0.39 is 22.5 Å². The molecule has 2 amide bonds. The Kier molecular flexibility index (Phi) is 4.52. The summed E-state index contributed by atoms with van der Waals surface area (Å²) in [4.78, 5) is 22.0. The van der Waals surface area contributed by atoms with Crippen molar-refractivity contribution < 1.29 is 14.1 Å². The van der Waals surface area contributed by atoms with Gasteiger partial charge in [-0.25, -0.2) is 14.6 Å². The average Bonchev–Trinajstić information content (AvgIpc) is 2.49. The second-order valence-electron chi connectivity index (χ2n) is 4.38. The first-order valence-electron chi connectivity index (χ1n) is 6.28. The molecule has 2 N–H and O–H groups in total. The molecule has 0 saturated heterocycles. The Morgan fingerprint density at radius 1 is 1.23 bits per heavy atom. The van der Waals surface area contributed by atoms with Crippen LogP contribution in [0.2, 0.25) is 0 Å². The van der Waals surface area contributed by atoms with E-state index >= 15 is 0 Å². The summed E-state index contributed by atoms with van der Waals surface area (Å²) >= 11 is 0. The fourth-order valence-electron chi connectivity index (χ4n) is 1.78. The number of amides is 2. The van der Waals surface area contributed by atoms with Gasteiger partial charge in [0.15, 0.2) is 0 Å². The first-order valence-corrected chi connectivity index (χ1v) is 6.28. The molecule has 0 spiro atoms. The molecule has 0 unspecified atom stereocenters. The zero-order valence-electron chi connectivity index (χ0n) is 11.6. The monoisotopic (exact) mass is 304 g/mol. The summed E-state index contributed by atoms with van der Waals surface area (Å²) in [6.45, 7) is 0. The maximum Gasteiger partial charge on any atom is 0.338 e. The van der Waals surface area contributed by atoms with Crippen molar-refractivity contribution in [2.75, 3.05) is 17.4 Å². The van der Waals surface area contributed by atoms with E-state index in [4.69, 9.17) is 0 Å². The summed E-state index contributed by atoms with van der Waals surface area (Å²) in [5.74, 6) is -0.751. The van der Waals surface area contributed by atoms with E-state index in [1.54, 1.807) is 31.3 Å². The van der Waals surface area contributed by atoms with E-state index in [0.717, 1.165) is 23.9 Å². The fraction of sp³-hybridized carbons (Fsp3) is 0.0714. The number of para-hydroxylation sites is 1. The molecular formula is C14H13FN4O3. The summed E-state index contributed by atoms with van der Waals surface area (Å²) in [5.41, 5.74) is 2.61. The smallest absolute Gasteiger partial charge is 0.301 e. The Morgan fingerprint density at radius 3 is 2.55 bits per heavy atom. The van der Waals surface area contributed by atoms with Crippen molar-refractivity contribution in [3.05, 3.63) is 64.5 Å². The third kappa shape index (κ3) is 3.69. The molecule has 0 heterocycles. The summed E-state index contributed by atoms with van der Waals surface area (Å²) in [6, 6.07) is 11.2. The van der Waals surface area contributed by atoms with Crippen LogP contribution in [0.1, 0.15) is 0 Å². The van der Waals surface area contributed by atoms with E-state index in [2.05, 4.69) is 10.7 Å². The third-order valence-corrected chi connectivity index (χ3v) is 2.82. The molecule has 0 aliphatic heterocycles. The van der Waals surface area contributed by atoms with Gasteiger partial charge in [0.25, 0.3) is 5.69 Å². The molecule has 0 aliphatic rings. The molecule has 0 atom stereocenters. The lowest BCUT2D eigenvalue weighted by atomic mass is 10.2. The molecule has 2 rings (SSSR count). The maximum atomic E-state index is 13.0. The van der Waals surface area contributed by atoms with Gasteiger partial charge < -0.3 is 5.32 Å². The van der Waals surface area contributed by atoms with Crippen LogP contribution in [0, 0.1) is 15.9 Å². The van der Waals surface area contributed by atoms with Crippen molar-refractivity contribution in [3.8, 4) is 0 Å². The van der Waals surface area contributed by atoms with E-state index in [1.807, 2.05) is 6.07 Å². The number of nitrogens with one attached hydrogen (secondary N) is 2. The Hall–Kier alpha value is -3.16. The number of carbonyl (C=O) groups is 1. The molecule has 0 bridgehead atoms. The minimum Gasteiger partial charge on any atom is -0.301 e. The number of hydrogen-bond acceptors (Lipinski definition) is 4. The number of nitro groups is 1. The van der Waals surface area contributed by atoms with Crippen LogP contribution in [0.15, 0.2) is 48.5 Å². The van der Waals surface area contributed by atoms with Crippen LogP contribution in [-0.2, 0) is 0 Å². The summed E-state index contributed by atoms with van der Waals surface area (Å²) in [5, 5.41) is 14.6. The molecule has 8 heteroatoms. The summed E-state index contributed by atoms with van der Waals surface area (Å²) in [7, 11) is 1.62. The number of halogens is 1. The standard InChI is InChI=1S/C14H13FN4O3/c1-18(11-5-3-2-4-6-11)17-14(20)16-12-8-7-10(15)9-13(12)19(21)22/h2-9H,1H3,(H2,16,17,20). The van der Waals surface area contributed by atoms with Crippen molar-refractivity contribution in [2.24, 2.45) is 0 Å². The molecule has 0 fully saturated rings. The number of rotatable bonds is 4. The van der Waals surface area contributed by atoms with Gasteiger partial charge in [-0.3, -0.25) is 15.1 Å². The van der Waals surface area contributed by atoms with Crippen LogP contribution in [0.3, 0.4) is 0 Å². The molecule has 0 aromatic heterocycles. The number of hydrazine groups is 1. The number of anilines is 2. The SMILES string of the molecule is CN(NC(=O)Nc1ccc(F)cc1[N+](=O)[O-])c1ccccc1. The van der Waals surface area contributed by atoms with Gasteiger partial charge >= 0.3 is 6.03 Å². The van der Waals surface area contributed by atoms with E-state index in [0.29, 0.717) is 0 Å². The number of nitro benzene ring substituents is 1. The van der Waals surface area contributed by atoms with E-state index in [1.165, 1.54) is 5.01 Å². The normalized spacial score (nSPS) is 9.91. The number of urea groups is 1. The highest BCUT2D eigenvalue weighted by Crippen LogP contribution is 2.24. The van der Waals surface area contributed by atoms with Gasteiger partial charge in [0.05, 0.1) is 16.7 Å². The Morgan fingerprint density at radius 2 is 1.91 bits per heavy atom. The van der Waals surface area contributed by atoms with E-state index in [-0.39, 0.29) is 5.69 Å². The fourth-order valence-corrected chi connectivity index (χ4v) is 1.78. The van der Waals surface area contributed by atoms with Crippen LogP contribution >= 0.6 is 0 Å². The van der Waals surface area contributed by atoms with Crippen LogP contribution in [0.4, 0.5) is 26.2 Å². The highest BCUT2D eigenvalue weighted by molar-refractivity contribution is 5.92. The number of hydrogen-bond donors (Lipinski definition) is 2. The zero-order chi connectivity index (χ0) is 16.1. The minimum atomic E-state index is -0.764. The van der Waals surface area contributed by atoms with Crippen LogP contribution in [0.5, 0.6) is 0 Å². The molecule has 0 aliphatic carbocycles. The van der Waals surface area contributed by atoms with Gasteiger partial charge in [0.1, 0.15) is 11.5 Å². The second kappa shape index (κ2) is 6.53. The van der Waals surface area contributed by atoms with Crippen molar-refractivity contribution >= 4 is 23.1 Å². The Labute approximate surface area is 125 Å². The second-order valence-corrected chi connectivity index (χ2v) is 4.38. The Balaban J connectivity index is 2.08. The molecule has 2 aromatic rings. The highest BCUT2D eigenvalue weighted by atomic mass is 19.1. The molecule has 0 radical (unpaired) electrons. The first-order chi connectivity index (χ1) is 10.5. The van der Waals surface area contributed by atoms with Crippen LogP contribution < -0.4 is 15.8 Å². The molecule has 2 aromatic carbocycles. The average molecular weight is 304 g/mol. The lowest BCUT2D eigenvalue weighted by Gasteiger charge is -2.20. The lowest BCUT2D eigenvalue weighted by molar-refractivity contribution is -0.384. The summed E-state index contributed by atoms with van der Waals surface area (Å²) in [6.07, 6.45) is 0. The predicted octanol–water partition coefficient (Wildman–Crippen LogP) is 2.91. The quantitative estimate of drug-likeness (QED) is 0.671. The molecule has 114 valence electrons. The predicted molar refractivity (Wildman–Crippen MR) is 80.1 cm³/mol. The molecule has 22 heavy (non-hydrogen) atoms. The Bertz CT molecular complexity index is 694. The van der Waals surface area contributed by atoms with Gasteiger partial charge in [-0.15, -0.1) is 0 Å². The van der Waals surface area contributed by atoms with Crippen molar-refractivity contribution in [1.29, 1.82) is 0 Å². The van der Waals surface area contributed by atoms with Gasteiger partial charge in [-0.05, 0) is 24.3 Å². The van der Waals surface area contributed by atoms with Crippen LogP contribution in [-0.4, -0.2) is 18.0 Å². The van der Waals surface area contributed by atoms with Crippen molar-refractivity contribution in [1.82, 2.24) is 5.43 Å². The van der Waals surface area contributed by atoms with Crippen molar-refractivity contribution in [2.45, 2.75) is 0 Å². The van der Waals surface area contributed by atoms with Crippen molar-refractivity contribution in [3.63, 3.8) is 0 Å². The molecule has 7 nitrogen and oxygen atoms in total. The first kappa shape index (κ1) is 15.2. The van der Waals surface area contributed by atoms with Gasteiger partial charge in [0.2, 0.25) is 0 Å². The number of carbonyl (C=O) groups excluding carboxylic acids is 1. The largest absolute Gasteiger partial charge is 0.338 e. The zero-order valence-corrected chi connectivity index (χ0v) is 11.6. The van der Waals surface area contributed by atoms with Gasteiger partial charge in [-0.2, -0.15) is 0 Å². The third-order valence-electron chi connectivity index (χ3n) is 2.82. The lowest BCUT2D eigenvalue weighted by Crippen LogP contribution is -2.42. The maximum absolute atomic E-state index is 13.0. The molecule has 0 saturated carbocycles. The molecular weight excluding hydrogens is 291 g/mol. The van der Waals surface area contributed by atoms with E-state index in [9.17, 15) is 19.3 Å².